The molecule has 0 spiro atoms. The maximum absolute atomic E-state index is 12.7. The molecule has 1 rings (SSSR count). The topological polar surface area (TPSA) is 62.1 Å². The molecule has 4 nitrogen and oxygen atoms in total. The molecule has 1 amide bonds. The van der Waals surface area contributed by atoms with Gasteiger partial charge in [-0.3, -0.25) is 4.79 Å². The van der Waals surface area contributed by atoms with Crippen molar-refractivity contribution in [1.29, 1.82) is 5.26 Å². The first-order valence-electron chi connectivity index (χ1n) is 8.21. The van der Waals surface area contributed by atoms with Crippen LogP contribution in [0.4, 0.5) is 0 Å². The zero-order chi connectivity index (χ0) is 16.1. The summed E-state index contributed by atoms with van der Waals surface area (Å²) in [6, 6.07) is 2.39. The molecule has 1 saturated carbocycles. The molecular weight excluding hydrogens is 264 g/mol. The minimum absolute atomic E-state index is 0.0642. The van der Waals surface area contributed by atoms with E-state index in [0.29, 0.717) is 19.4 Å². The van der Waals surface area contributed by atoms with Gasteiger partial charge in [0.15, 0.2) is 0 Å². The van der Waals surface area contributed by atoms with Gasteiger partial charge in [-0.05, 0) is 26.2 Å². The van der Waals surface area contributed by atoms with Crippen LogP contribution in [0.5, 0.6) is 0 Å². The third-order valence-electron chi connectivity index (χ3n) is 4.85. The minimum Gasteiger partial charge on any atom is -0.378 e. The van der Waals surface area contributed by atoms with Gasteiger partial charge in [-0.15, -0.1) is 0 Å². The Balaban J connectivity index is 2.74. The molecule has 2 atom stereocenters. The molecule has 0 saturated heterocycles. The van der Waals surface area contributed by atoms with Crippen LogP contribution in [0.3, 0.4) is 0 Å². The highest BCUT2D eigenvalue weighted by atomic mass is 16.5. The number of ether oxygens (including phenoxy) is 1. The van der Waals surface area contributed by atoms with Gasteiger partial charge in [0.25, 0.3) is 0 Å². The van der Waals surface area contributed by atoms with Crippen molar-refractivity contribution in [3.63, 3.8) is 0 Å². The molecule has 1 N–H and O–H groups in total. The number of nitrogens with one attached hydrogen (secondary N) is 1. The highest BCUT2D eigenvalue weighted by Crippen LogP contribution is 2.43. The quantitative estimate of drug-likeness (QED) is 0.746. The van der Waals surface area contributed by atoms with Crippen LogP contribution in [-0.2, 0) is 9.53 Å². The van der Waals surface area contributed by atoms with Crippen LogP contribution in [0.15, 0.2) is 0 Å². The number of carbonyl (C=O) groups is 1. The lowest BCUT2D eigenvalue weighted by Crippen LogP contribution is -2.63. The third kappa shape index (κ3) is 3.58. The van der Waals surface area contributed by atoms with Crippen LogP contribution < -0.4 is 5.32 Å². The maximum Gasteiger partial charge on any atom is 0.240 e. The molecule has 1 fully saturated rings. The summed E-state index contributed by atoms with van der Waals surface area (Å²) in [6.45, 7) is 11.0. The predicted molar refractivity (Wildman–Crippen MR) is 83.6 cm³/mol. The zero-order valence-electron chi connectivity index (χ0n) is 14.2. The highest BCUT2D eigenvalue weighted by Gasteiger charge is 2.51. The Bertz CT molecular complexity index is 392. The number of amides is 1. The number of nitriles is 1. The second-order valence-electron chi connectivity index (χ2n) is 6.72. The molecule has 21 heavy (non-hydrogen) atoms. The first-order valence-corrected chi connectivity index (χ1v) is 8.21. The lowest BCUT2D eigenvalue weighted by atomic mass is 9.64. The van der Waals surface area contributed by atoms with Gasteiger partial charge in [0.2, 0.25) is 5.91 Å². The molecule has 0 aromatic heterocycles. The van der Waals surface area contributed by atoms with Crippen molar-refractivity contribution in [1.82, 2.24) is 5.32 Å². The Morgan fingerprint density at radius 3 is 2.29 bits per heavy atom. The SMILES string of the molecule is CCCC(C#N)(CCC)C(=O)NC1CC(OCC)C1(C)C. The molecule has 1 aliphatic rings. The Hall–Kier alpha value is -1.08. The van der Waals surface area contributed by atoms with E-state index in [1.807, 2.05) is 20.8 Å². The van der Waals surface area contributed by atoms with E-state index >= 15 is 0 Å². The number of hydrogen-bond donors (Lipinski definition) is 1. The van der Waals surface area contributed by atoms with E-state index in [1.54, 1.807) is 0 Å². The fourth-order valence-electron chi connectivity index (χ4n) is 3.28. The van der Waals surface area contributed by atoms with Crippen molar-refractivity contribution >= 4 is 5.91 Å². The number of rotatable bonds is 8. The summed E-state index contributed by atoms with van der Waals surface area (Å²) in [4.78, 5) is 12.7. The standard InChI is InChI=1S/C17H30N2O2/c1-6-9-17(12-18,10-7-2)15(20)19-13-11-14(21-8-3)16(13,4)5/h13-14H,6-11H2,1-5H3,(H,19,20). The van der Waals surface area contributed by atoms with E-state index in [0.717, 1.165) is 19.3 Å². The second-order valence-corrected chi connectivity index (χ2v) is 6.72. The molecule has 2 unspecified atom stereocenters. The zero-order valence-corrected chi connectivity index (χ0v) is 14.2. The molecule has 120 valence electrons. The van der Waals surface area contributed by atoms with Gasteiger partial charge >= 0.3 is 0 Å². The summed E-state index contributed by atoms with van der Waals surface area (Å²) in [7, 11) is 0. The Morgan fingerprint density at radius 1 is 1.33 bits per heavy atom. The van der Waals surface area contributed by atoms with Gasteiger partial charge in [-0.2, -0.15) is 5.26 Å². The molecule has 0 bridgehead atoms. The summed E-state index contributed by atoms with van der Waals surface area (Å²) in [5.74, 6) is -0.0956. The van der Waals surface area contributed by atoms with Crippen LogP contribution in [0.25, 0.3) is 0 Å². The van der Waals surface area contributed by atoms with Gasteiger partial charge < -0.3 is 10.1 Å². The molecule has 0 heterocycles. The molecule has 0 radical (unpaired) electrons. The lowest BCUT2D eigenvalue weighted by Gasteiger charge is -2.52. The Labute approximate surface area is 129 Å². The van der Waals surface area contributed by atoms with Gasteiger partial charge in [0, 0.05) is 18.1 Å². The van der Waals surface area contributed by atoms with E-state index in [9.17, 15) is 10.1 Å². The molecule has 0 aromatic rings. The number of hydrogen-bond acceptors (Lipinski definition) is 3. The maximum atomic E-state index is 12.7. The van der Waals surface area contributed by atoms with Crippen molar-refractivity contribution in [2.24, 2.45) is 10.8 Å². The van der Waals surface area contributed by atoms with E-state index in [-0.39, 0.29) is 23.5 Å². The third-order valence-corrected chi connectivity index (χ3v) is 4.85. The van der Waals surface area contributed by atoms with Crippen molar-refractivity contribution in [2.45, 2.75) is 78.9 Å². The molecule has 0 aliphatic heterocycles. The fraction of sp³-hybridized carbons (Fsp3) is 0.882. The molecule has 4 heteroatoms. The summed E-state index contributed by atoms with van der Waals surface area (Å²) >= 11 is 0. The summed E-state index contributed by atoms with van der Waals surface area (Å²) in [6.07, 6.45) is 3.98. The normalized spacial score (nSPS) is 24.0. The number of nitrogens with zero attached hydrogens (tertiary/aromatic N) is 1. The minimum atomic E-state index is -0.865. The average molecular weight is 294 g/mol. The van der Waals surface area contributed by atoms with Crippen molar-refractivity contribution in [2.75, 3.05) is 6.61 Å². The number of carbonyl (C=O) groups excluding carboxylic acids is 1. The highest BCUT2D eigenvalue weighted by molar-refractivity contribution is 5.85. The van der Waals surface area contributed by atoms with Crippen LogP contribution in [0.1, 0.15) is 66.7 Å². The smallest absolute Gasteiger partial charge is 0.240 e. The second kappa shape index (κ2) is 7.26. The lowest BCUT2D eigenvalue weighted by molar-refractivity contribution is -0.142. The average Bonchev–Trinajstić information content (AvgIpc) is 2.45. The van der Waals surface area contributed by atoms with E-state index in [4.69, 9.17) is 4.74 Å². The van der Waals surface area contributed by atoms with E-state index in [1.165, 1.54) is 0 Å². The molecule has 1 aliphatic carbocycles. The molecule has 0 aromatic carbocycles. The monoisotopic (exact) mass is 294 g/mol. The first-order chi connectivity index (χ1) is 9.87. The predicted octanol–water partition coefficient (Wildman–Crippen LogP) is 3.42. The van der Waals surface area contributed by atoms with Crippen LogP contribution in [0, 0.1) is 22.2 Å². The Morgan fingerprint density at radius 2 is 1.90 bits per heavy atom. The van der Waals surface area contributed by atoms with Crippen LogP contribution >= 0.6 is 0 Å². The van der Waals surface area contributed by atoms with Gasteiger partial charge in [-0.1, -0.05) is 40.5 Å². The van der Waals surface area contributed by atoms with Gasteiger partial charge in [-0.25, -0.2) is 0 Å². The van der Waals surface area contributed by atoms with Crippen LogP contribution in [-0.4, -0.2) is 24.7 Å². The first kappa shape index (κ1) is 18.0. The largest absolute Gasteiger partial charge is 0.378 e. The van der Waals surface area contributed by atoms with Crippen LogP contribution in [0.2, 0.25) is 0 Å². The van der Waals surface area contributed by atoms with Crippen molar-refractivity contribution in [3.05, 3.63) is 0 Å². The Kier molecular flexibility index (Phi) is 6.22. The molecular formula is C17H30N2O2. The summed E-state index contributed by atoms with van der Waals surface area (Å²) in [5, 5.41) is 12.7. The van der Waals surface area contributed by atoms with E-state index in [2.05, 4.69) is 25.2 Å². The van der Waals surface area contributed by atoms with Crippen molar-refractivity contribution in [3.8, 4) is 6.07 Å². The van der Waals surface area contributed by atoms with E-state index < -0.39 is 5.41 Å². The fourth-order valence-corrected chi connectivity index (χ4v) is 3.28. The van der Waals surface area contributed by atoms with Crippen molar-refractivity contribution < 1.29 is 9.53 Å². The summed E-state index contributed by atoms with van der Waals surface area (Å²) in [5.41, 5.74) is -0.929. The van der Waals surface area contributed by atoms with Gasteiger partial charge in [0.05, 0.1) is 12.2 Å². The van der Waals surface area contributed by atoms with Gasteiger partial charge in [0.1, 0.15) is 5.41 Å². The summed E-state index contributed by atoms with van der Waals surface area (Å²) < 4.78 is 5.70.